The van der Waals surface area contributed by atoms with Gasteiger partial charge in [0, 0.05) is 50.0 Å². The van der Waals surface area contributed by atoms with E-state index in [1.165, 1.54) is 25.5 Å². The number of nitrogens with one attached hydrogen (secondary N) is 1. The molecule has 31 heavy (non-hydrogen) atoms. The number of quaternary nitrogens is 1. The van der Waals surface area contributed by atoms with Gasteiger partial charge in [0.2, 0.25) is 11.8 Å². The molecular formula is C23H32N3O5+. The van der Waals surface area contributed by atoms with Crippen molar-refractivity contribution >= 4 is 23.4 Å². The number of anilines is 1. The molecule has 3 fully saturated rings. The van der Waals surface area contributed by atoms with Gasteiger partial charge in [0.15, 0.2) is 6.04 Å². The van der Waals surface area contributed by atoms with Gasteiger partial charge in [-0.15, -0.1) is 0 Å². The van der Waals surface area contributed by atoms with Crippen molar-refractivity contribution in [3.05, 3.63) is 18.2 Å². The van der Waals surface area contributed by atoms with Gasteiger partial charge in [-0.2, -0.15) is 0 Å². The number of ether oxygens (including phenoxy) is 2. The molecule has 3 amide bonds. The van der Waals surface area contributed by atoms with E-state index in [1.807, 2.05) is 4.90 Å². The Bertz CT molecular complexity index is 821. The summed E-state index contributed by atoms with van der Waals surface area (Å²) in [6.07, 6.45) is 5.14. The zero-order valence-electron chi connectivity index (χ0n) is 18.4. The van der Waals surface area contributed by atoms with Gasteiger partial charge in [-0.3, -0.25) is 14.4 Å². The molecule has 168 valence electrons. The van der Waals surface area contributed by atoms with Gasteiger partial charge in [-0.25, -0.2) is 4.90 Å². The van der Waals surface area contributed by atoms with Crippen LogP contribution in [0.5, 0.6) is 11.5 Å². The highest BCUT2D eigenvalue weighted by molar-refractivity contribution is 6.22. The lowest BCUT2D eigenvalue weighted by Gasteiger charge is -2.35. The number of likely N-dealkylation sites (tertiary alicyclic amines) is 2. The summed E-state index contributed by atoms with van der Waals surface area (Å²) in [6.45, 7) is 3.23. The van der Waals surface area contributed by atoms with Gasteiger partial charge in [-0.1, -0.05) is 0 Å². The van der Waals surface area contributed by atoms with E-state index in [9.17, 15) is 14.4 Å². The Morgan fingerprint density at radius 1 is 0.968 bits per heavy atom. The summed E-state index contributed by atoms with van der Waals surface area (Å²) < 4.78 is 10.6. The minimum atomic E-state index is -0.393. The van der Waals surface area contributed by atoms with Crippen LogP contribution in [0.4, 0.5) is 5.69 Å². The Labute approximate surface area is 183 Å². The largest absolute Gasteiger partial charge is 0.497 e. The van der Waals surface area contributed by atoms with Crippen LogP contribution < -0.4 is 19.3 Å². The molecule has 0 aromatic heterocycles. The van der Waals surface area contributed by atoms with Crippen LogP contribution in [0.2, 0.25) is 0 Å². The third-order valence-electron chi connectivity index (χ3n) is 6.88. The predicted octanol–water partition coefficient (Wildman–Crippen LogP) is 0.643. The maximum absolute atomic E-state index is 13.2. The predicted molar refractivity (Wildman–Crippen MR) is 114 cm³/mol. The molecule has 0 saturated carbocycles. The third-order valence-corrected chi connectivity index (χ3v) is 6.88. The van der Waals surface area contributed by atoms with E-state index < -0.39 is 6.04 Å². The van der Waals surface area contributed by atoms with Gasteiger partial charge in [0.1, 0.15) is 11.5 Å². The zero-order valence-corrected chi connectivity index (χ0v) is 18.4. The number of carbonyl (C=O) groups excluding carboxylic acids is 3. The quantitative estimate of drug-likeness (QED) is 0.694. The highest BCUT2D eigenvalue weighted by Crippen LogP contribution is 2.31. The van der Waals surface area contributed by atoms with Gasteiger partial charge in [-0.05, 0) is 19.3 Å². The Morgan fingerprint density at radius 2 is 1.58 bits per heavy atom. The molecule has 0 spiro atoms. The van der Waals surface area contributed by atoms with Crippen molar-refractivity contribution in [1.29, 1.82) is 0 Å². The average molecular weight is 431 g/mol. The van der Waals surface area contributed by atoms with Crippen molar-refractivity contribution in [1.82, 2.24) is 4.90 Å². The van der Waals surface area contributed by atoms with Crippen molar-refractivity contribution in [2.45, 2.75) is 44.6 Å². The van der Waals surface area contributed by atoms with E-state index >= 15 is 0 Å². The first-order valence-electron chi connectivity index (χ1n) is 11.2. The molecule has 1 aromatic carbocycles. The Morgan fingerprint density at radius 3 is 2.16 bits per heavy atom. The van der Waals surface area contributed by atoms with Gasteiger partial charge in [0.05, 0.1) is 39.4 Å². The monoisotopic (exact) mass is 430 g/mol. The second kappa shape index (κ2) is 9.26. The minimum absolute atomic E-state index is 0.0489. The second-order valence-electron chi connectivity index (χ2n) is 8.71. The number of methoxy groups -OCH3 is 2. The SMILES string of the molecule is COc1cc(OC)cc(N2C(=O)C[C@H]([NH+]3CCC(C(=O)N4CCCCC4)CC3)C2=O)c1. The Kier molecular flexibility index (Phi) is 6.46. The summed E-state index contributed by atoms with van der Waals surface area (Å²) in [6, 6.07) is 4.68. The van der Waals surface area contributed by atoms with Crippen LogP contribution in [0.25, 0.3) is 0 Å². The van der Waals surface area contributed by atoms with Crippen LogP contribution in [-0.4, -0.2) is 69.1 Å². The average Bonchev–Trinajstić information content (AvgIpc) is 3.12. The number of carbonyl (C=O) groups is 3. The summed E-state index contributed by atoms with van der Waals surface area (Å²) >= 11 is 0. The van der Waals surface area contributed by atoms with Crippen LogP contribution in [0.15, 0.2) is 18.2 Å². The van der Waals surface area contributed by atoms with E-state index in [1.54, 1.807) is 18.2 Å². The van der Waals surface area contributed by atoms with Crippen LogP contribution in [0, 0.1) is 5.92 Å². The number of piperidine rings is 2. The van der Waals surface area contributed by atoms with Gasteiger partial charge >= 0.3 is 0 Å². The number of hydrogen-bond acceptors (Lipinski definition) is 5. The van der Waals surface area contributed by atoms with Gasteiger partial charge in [0.25, 0.3) is 5.91 Å². The van der Waals surface area contributed by atoms with Crippen LogP contribution in [0.1, 0.15) is 38.5 Å². The molecule has 8 heteroatoms. The molecule has 3 aliphatic rings. The van der Waals surface area contributed by atoms with Crippen LogP contribution >= 0.6 is 0 Å². The molecule has 0 radical (unpaired) electrons. The summed E-state index contributed by atoms with van der Waals surface area (Å²) in [5, 5.41) is 0. The van der Waals surface area contributed by atoms with E-state index in [-0.39, 0.29) is 30.1 Å². The first kappa shape index (κ1) is 21.6. The molecule has 8 nitrogen and oxygen atoms in total. The first-order valence-corrected chi connectivity index (χ1v) is 11.2. The molecular weight excluding hydrogens is 398 g/mol. The van der Waals surface area contributed by atoms with Gasteiger partial charge < -0.3 is 19.3 Å². The molecule has 3 saturated heterocycles. The number of rotatable bonds is 5. The lowest BCUT2D eigenvalue weighted by Crippen LogP contribution is -3.17. The number of hydrogen-bond donors (Lipinski definition) is 1. The lowest BCUT2D eigenvalue weighted by molar-refractivity contribution is -0.920. The fourth-order valence-electron chi connectivity index (χ4n) is 5.10. The molecule has 0 bridgehead atoms. The van der Waals surface area contributed by atoms with Crippen molar-refractivity contribution in [2.75, 3.05) is 45.3 Å². The smallest absolute Gasteiger partial charge is 0.292 e. The second-order valence-corrected chi connectivity index (χ2v) is 8.71. The Hall–Kier alpha value is -2.61. The first-order chi connectivity index (χ1) is 15.0. The van der Waals surface area contributed by atoms with Crippen LogP contribution in [-0.2, 0) is 14.4 Å². The summed E-state index contributed by atoms with van der Waals surface area (Å²) in [7, 11) is 3.07. The molecule has 3 aliphatic heterocycles. The maximum atomic E-state index is 13.2. The van der Waals surface area contributed by atoms with E-state index in [0.717, 1.165) is 56.8 Å². The fraction of sp³-hybridized carbons (Fsp3) is 0.609. The van der Waals surface area contributed by atoms with Crippen LogP contribution in [0.3, 0.4) is 0 Å². The maximum Gasteiger partial charge on any atom is 0.292 e. The third kappa shape index (κ3) is 4.39. The van der Waals surface area contributed by atoms with E-state index in [0.29, 0.717) is 17.2 Å². The summed E-state index contributed by atoms with van der Waals surface area (Å²) in [5.74, 6) is 0.997. The van der Waals surface area contributed by atoms with Crippen molar-refractivity contribution < 1.29 is 28.8 Å². The zero-order chi connectivity index (χ0) is 22.0. The van der Waals surface area contributed by atoms with E-state index in [4.69, 9.17) is 9.47 Å². The fourth-order valence-corrected chi connectivity index (χ4v) is 5.10. The molecule has 3 heterocycles. The summed E-state index contributed by atoms with van der Waals surface area (Å²) in [4.78, 5) is 43.2. The summed E-state index contributed by atoms with van der Waals surface area (Å²) in [5.41, 5.74) is 0.475. The highest BCUT2D eigenvalue weighted by atomic mass is 16.5. The number of benzene rings is 1. The number of amides is 3. The van der Waals surface area contributed by atoms with Crippen molar-refractivity contribution in [3.63, 3.8) is 0 Å². The number of nitrogens with zero attached hydrogens (tertiary/aromatic N) is 2. The van der Waals surface area contributed by atoms with Crippen molar-refractivity contribution in [3.8, 4) is 11.5 Å². The molecule has 1 aromatic rings. The highest BCUT2D eigenvalue weighted by Gasteiger charge is 2.47. The lowest BCUT2D eigenvalue weighted by atomic mass is 9.93. The molecule has 1 N–H and O–H groups in total. The Balaban J connectivity index is 1.41. The van der Waals surface area contributed by atoms with E-state index in [2.05, 4.69) is 0 Å². The molecule has 0 aliphatic carbocycles. The minimum Gasteiger partial charge on any atom is -0.497 e. The topological polar surface area (TPSA) is 80.6 Å². The van der Waals surface area contributed by atoms with Crippen molar-refractivity contribution in [2.24, 2.45) is 5.92 Å². The standard InChI is InChI=1S/C23H31N3O5/c1-30-18-12-17(13-19(14-18)31-2)26-21(27)15-20(23(26)29)24-10-6-16(7-11-24)22(28)25-8-4-3-5-9-25/h12-14,16,20H,3-11,15H2,1-2H3/p+1/t20-/m0/s1. The molecule has 4 rings (SSSR count). The molecule has 0 unspecified atom stereocenters. The normalized spacial score (nSPS) is 26.8. The molecule has 1 atom stereocenters. The number of imide groups is 1.